The van der Waals surface area contributed by atoms with Gasteiger partial charge in [0.15, 0.2) is 0 Å². The Morgan fingerprint density at radius 3 is 2.86 bits per heavy atom. The van der Waals surface area contributed by atoms with Gasteiger partial charge in [-0.15, -0.1) is 11.3 Å². The number of hydrogen-bond acceptors (Lipinski definition) is 3. The predicted molar refractivity (Wildman–Crippen MR) is 87.8 cm³/mol. The first-order valence-electron chi connectivity index (χ1n) is 8.30. The largest absolute Gasteiger partial charge is 0.337 e. The molecule has 1 aliphatic carbocycles. The quantitative estimate of drug-likeness (QED) is 0.929. The van der Waals surface area contributed by atoms with Gasteiger partial charge in [0.2, 0.25) is 0 Å². The number of carbonyl (C=O) groups is 1. The Morgan fingerprint density at radius 2 is 2.19 bits per heavy atom. The van der Waals surface area contributed by atoms with Crippen LogP contribution >= 0.6 is 11.3 Å². The fourth-order valence-electron chi connectivity index (χ4n) is 3.94. The second-order valence-corrected chi connectivity index (χ2v) is 7.67. The summed E-state index contributed by atoms with van der Waals surface area (Å²) in [5, 5.41) is 0. The first-order chi connectivity index (χ1) is 10.1. The van der Waals surface area contributed by atoms with Crippen LogP contribution in [-0.2, 0) is 12.8 Å². The van der Waals surface area contributed by atoms with E-state index >= 15 is 0 Å². The van der Waals surface area contributed by atoms with Gasteiger partial charge >= 0.3 is 0 Å². The lowest BCUT2D eigenvalue weighted by atomic mass is 9.98. The summed E-state index contributed by atoms with van der Waals surface area (Å²) in [5.41, 5.74) is 7.54. The maximum Gasteiger partial charge on any atom is 0.263 e. The third-order valence-electron chi connectivity index (χ3n) is 5.16. The Labute approximate surface area is 131 Å². The lowest BCUT2D eigenvalue weighted by Crippen LogP contribution is -2.33. The maximum atomic E-state index is 12.8. The van der Waals surface area contributed by atoms with Crippen molar-refractivity contribution in [1.82, 2.24) is 4.90 Å². The van der Waals surface area contributed by atoms with E-state index in [-0.39, 0.29) is 5.91 Å². The molecule has 0 radical (unpaired) electrons. The minimum atomic E-state index is 0.235. The summed E-state index contributed by atoms with van der Waals surface area (Å²) in [4.78, 5) is 17.2. The van der Waals surface area contributed by atoms with Gasteiger partial charge < -0.3 is 10.6 Å². The van der Waals surface area contributed by atoms with Crippen molar-refractivity contribution < 1.29 is 4.79 Å². The molecule has 1 aromatic heterocycles. The molecule has 2 fully saturated rings. The number of hydrogen-bond donors (Lipinski definition) is 1. The van der Waals surface area contributed by atoms with Crippen molar-refractivity contribution >= 4 is 17.2 Å². The van der Waals surface area contributed by atoms with Crippen LogP contribution in [0.4, 0.5) is 0 Å². The summed E-state index contributed by atoms with van der Waals surface area (Å²) in [6.07, 6.45) is 5.59. The second kappa shape index (κ2) is 6.09. The number of amides is 1. The molecule has 116 valence electrons. The van der Waals surface area contributed by atoms with Crippen LogP contribution in [-0.4, -0.2) is 29.9 Å². The molecule has 0 aromatic carbocycles. The lowest BCUT2D eigenvalue weighted by molar-refractivity contribution is 0.0784. The predicted octanol–water partition coefficient (Wildman–Crippen LogP) is 3.07. The normalized spacial score (nSPS) is 28.1. The van der Waals surface area contributed by atoms with Crippen molar-refractivity contribution in [2.45, 2.75) is 52.0 Å². The molecule has 4 heteroatoms. The molecule has 21 heavy (non-hydrogen) atoms. The molecular formula is C17H26N2OS. The molecule has 2 heterocycles. The van der Waals surface area contributed by atoms with Gasteiger partial charge in [0.1, 0.15) is 0 Å². The Hall–Kier alpha value is -0.870. The summed E-state index contributed by atoms with van der Waals surface area (Å²) in [7, 11) is 0. The van der Waals surface area contributed by atoms with Crippen LogP contribution < -0.4 is 5.73 Å². The Bertz CT molecular complexity index is 525. The minimum absolute atomic E-state index is 0.235. The number of rotatable bonds is 4. The van der Waals surface area contributed by atoms with Gasteiger partial charge in [-0.25, -0.2) is 0 Å². The molecule has 1 saturated carbocycles. The van der Waals surface area contributed by atoms with Crippen molar-refractivity contribution in [3.8, 4) is 0 Å². The highest BCUT2D eigenvalue weighted by Gasteiger charge is 2.42. The van der Waals surface area contributed by atoms with E-state index in [1.54, 1.807) is 11.3 Å². The van der Waals surface area contributed by atoms with Gasteiger partial charge in [-0.3, -0.25) is 4.79 Å². The smallest absolute Gasteiger partial charge is 0.263 e. The topological polar surface area (TPSA) is 46.3 Å². The zero-order valence-corrected chi connectivity index (χ0v) is 13.9. The standard InChI is InChI=1S/C17H26N2OS/c1-3-5-15-11(4-2)8-16(21-15)17(20)19-9-12-6-7-14(18)13(12)10-19/h8,12-14H,3-7,9-10,18H2,1-2H3. The summed E-state index contributed by atoms with van der Waals surface area (Å²) in [6, 6.07) is 2.43. The first kappa shape index (κ1) is 15.0. The van der Waals surface area contributed by atoms with Gasteiger partial charge in [-0.1, -0.05) is 20.3 Å². The van der Waals surface area contributed by atoms with Gasteiger partial charge in [0.25, 0.3) is 5.91 Å². The molecule has 3 unspecified atom stereocenters. The number of nitrogens with two attached hydrogens (primary N) is 1. The highest BCUT2D eigenvalue weighted by atomic mass is 32.1. The number of likely N-dealkylation sites (tertiary alicyclic amines) is 1. The highest BCUT2D eigenvalue weighted by molar-refractivity contribution is 7.14. The van der Waals surface area contributed by atoms with Gasteiger partial charge in [-0.2, -0.15) is 0 Å². The zero-order valence-electron chi connectivity index (χ0n) is 13.1. The van der Waals surface area contributed by atoms with Crippen molar-refractivity contribution in [2.24, 2.45) is 17.6 Å². The molecule has 0 bridgehead atoms. The van der Waals surface area contributed by atoms with Gasteiger partial charge in [0.05, 0.1) is 4.88 Å². The molecule has 2 aliphatic rings. The molecule has 3 rings (SSSR count). The fraction of sp³-hybridized carbons (Fsp3) is 0.706. The third kappa shape index (κ3) is 2.76. The molecule has 3 nitrogen and oxygen atoms in total. The van der Waals surface area contributed by atoms with Crippen LogP contribution in [0.15, 0.2) is 6.07 Å². The average Bonchev–Trinajstić information content (AvgIpc) is 3.15. The summed E-state index contributed by atoms with van der Waals surface area (Å²) >= 11 is 1.71. The van der Waals surface area contributed by atoms with E-state index in [2.05, 4.69) is 24.8 Å². The van der Waals surface area contributed by atoms with Crippen LogP contribution in [0.2, 0.25) is 0 Å². The van der Waals surface area contributed by atoms with E-state index < -0.39 is 0 Å². The van der Waals surface area contributed by atoms with E-state index in [1.807, 2.05) is 0 Å². The fourth-order valence-corrected chi connectivity index (χ4v) is 5.26. The minimum Gasteiger partial charge on any atom is -0.337 e. The van der Waals surface area contributed by atoms with Crippen molar-refractivity contribution in [2.75, 3.05) is 13.1 Å². The third-order valence-corrected chi connectivity index (χ3v) is 6.39. The average molecular weight is 306 g/mol. The van der Waals surface area contributed by atoms with Gasteiger partial charge in [0, 0.05) is 24.0 Å². The zero-order chi connectivity index (χ0) is 15.0. The number of thiophene rings is 1. The molecule has 0 spiro atoms. The van der Waals surface area contributed by atoms with Crippen molar-refractivity contribution in [3.63, 3.8) is 0 Å². The Balaban J connectivity index is 1.74. The number of aryl methyl sites for hydroxylation is 2. The van der Waals surface area contributed by atoms with Crippen LogP contribution in [0, 0.1) is 11.8 Å². The van der Waals surface area contributed by atoms with Crippen molar-refractivity contribution in [3.05, 3.63) is 21.4 Å². The SMILES string of the molecule is CCCc1sc(C(=O)N2CC3CCC(N)C3C2)cc1CC. The van der Waals surface area contributed by atoms with Crippen LogP contribution in [0.3, 0.4) is 0 Å². The molecule has 1 aliphatic heterocycles. The molecule has 2 N–H and O–H groups in total. The molecule has 1 saturated heterocycles. The first-order valence-corrected chi connectivity index (χ1v) is 9.12. The number of fused-ring (bicyclic) bond motifs is 1. The molecule has 3 atom stereocenters. The van der Waals surface area contributed by atoms with E-state index in [9.17, 15) is 4.79 Å². The second-order valence-electron chi connectivity index (χ2n) is 6.54. The van der Waals surface area contributed by atoms with E-state index in [4.69, 9.17) is 5.73 Å². The summed E-state index contributed by atoms with van der Waals surface area (Å²) in [6.45, 7) is 6.16. The number of nitrogens with zero attached hydrogens (tertiary/aromatic N) is 1. The monoisotopic (exact) mass is 306 g/mol. The lowest BCUT2D eigenvalue weighted by Gasteiger charge is -2.17. The van der Waals surface area contributed by atoms with Gasteiger partial charge in [-0.05, 0) is 49.1 Å². The Morgan fingerprint density at radius 1 is 1.38 bits per heavy atom. The molecule has 1 amide bonds. The van der Waals surface area contributed by atoms with Crippen LogP contribution in [0.5, 0.6) is 0 Å². The van der Waals surface area contributed by atoms with Crippen molar-refractivity contribution in [1.29, 1.82) is 0 Å². The maximum absolute atomic E-state index is 12.8. The summed E-state index contributed by atoms with van der Waals surface area (Å²) < 4.78 is 0. The Kier molecular flexibility index (Phi) is 4.36. The van der Waals surface area contributed by atoms with E-state index in [0.717, 1.165) is 43.6 Å². The number of carbonyl (C=O) groups excluding carboxylic acids is 1. The highest BCUT2D eigenvalue weighted by Crippen LogP contribution is 2.38. The van der Waals surface area contributed by atoms with E-state index in [1.165, 1.54) is 16.9 Å². The van der Waals surface area contributed by atoms with E-state index in [0.29, 0.717) is 17.9 Å². The molecule has 1 aromatic rings. The van der Waals surface area contributed by atoms with Crippen LogP contribution in [0.1, 0.15) is 53.2 Å². The summed E-state index contributed by atoms with van der Waals surface area (Å²) in [5.74, 6) is 1.41. The van der Waals surface area contributed by atoms with Crippen LogP contribution in [0.25, 0.3) is 0 Å². The molecular weight excluding hydrogens is 280 g/mol.